The Morgan fingerprint density at radius 2 is 2.12 bits per heavy atom. The molecule has 1 aromatic carbocycles. The molecule has 0 aliphatic heterocycles. The molecule has 3 aromatic rings. The number of thioether (sulfide) groups is 1. The van der Waals surface area contributed by atoms with Gasteiger partial charge >= 0.3 is 0 Å². The van der Waals surface area contributed by atoms with E-state index < -0.39 is 15.8 Å². The van der Waals surface area contributed by atoms with Gasteiger partial charge in [0.1, 0.15) is 4.90 Å². The van der Waals surface area contributed by atoms with Gasteiger partial charge in [0.15, 0.2) is 0 Å². The number of halogens is 3. The van der Waals surface area contributed by atoms with Crippen LogP contribution in [0.3, 0.4) is 0 Å². The minimum Gasteiger partial charge on any atom is -0.480 e. The van der Waals surface area contributed by atoms with E-state index in [1.54, 1.807) is 0 Å². The normalized spacial score (nSPS) is 12.1. The molecule has 2 aromatic heterocycles. The van der Waals surface area contributed by atoms with E-state index in [1.165, 1.54) is 42.3 Å². The average molecular weight is 421 g/mol. The first-order chi connectivity index (χ1) is 12.2. The van der Waals surface area contributed by atoms with Crippen LogP contribution in [0.1, 0.15) is 0 Å². The van der Waals surface area contributed by atoms with Crippen molar-refractivity contribution in [1.29, 1.82) is 0 Å². The van der Waals surface area contributed by atoms with Crippen molar-refractivity contribution in [1.82, 2.24) is 14.5 Å². The maximum atomic E-state index is 12.6. The van der Waals surface area contributed by atoms with Gasteiger partial charge in [0, 0.05) is 16.6 Å². The van der Waals surface area contributed by atoms with Crippen LogP contribution in [-0.4, -0.2) is 35.8 Å². The van der Waals surface area contributed by atoms with Crippen molar-refractivity contribution in [3.63, 3.8) is 0 Å². The maximum absolute atomic E-state index is 12.6. The zero-order chi connectivity index (χ0) is 19.1. The summed E-state index contributed by atoms with van der Waals surface area (Å²) in [6.45, 7) is 0. The average Bonchev–Trinajstić information content (AvgIpc) is 2.93. The standard InChI is InChI=1S/C14H11ClF2N4O3S2/c1-24-12-10(25-13(16)17)5-19-14(20-12)21-6-11(26(18,22)23)8-3-2-7(15)4-9(8)21/h2-6,13H,1H3,(H2,18,22,23). The molecule has 7 nitrogen and oxygen atoms in total. The fourth-order valence-corrected chi connectivity index (χ4v) is 3.78. The van der Waals surface area contributed by atoms with Crippen LogP contribution in [0.2, 0.25) is 5.02 Å². The highest BCUT2D eigenvalue weighted by atomic mass is 35.5. The van der Waals surface area contributed by atoms with E-state index in [1.807, 2.05) is 0 Å². The third-order valence-electron chi connectivity index (χ3n) is 3.37. The molecule has 0 saturated heterocycles. The first-order valence-electron chi connectivity index (χ1n) is 6.90. The van der Waals surface area contributed by atoms with E-state index in [9.17, 15) is 17.2 Å². The lowest BCUT2D eigenvalue weighted by Gasteiger charge is -2.09. The Morgan fingerprint density at radius 1 is 1.38 bits per heavy atom. The van der Waals surface area contributed by atoms with E-state index in [0.717, 1.165) is 0 Å². The molecule has 12 heteroatoms. The van der Waals surface area contributed by atoms with Crippen molar-refractivity contribution in [2.45, 2.75) is 15.5 Å². The number of ether oxygens (including phenoxy) is 1. The van der Waals surface area contributed by atoms with Crippen LogP contribution in [0.15, 0.2) is 40.4 Å². The summed E-state index contributed by atoms with van der Waals surface area (Å²) in [6, 6.07) is 4.54. The number of hydrogen-bond acceptors (Lipinski definition) is 6. The predicted octanol–water partition coefficient (Wildman–Crippen LogP) is 3.04. The third-order valence-corrected chi connectivity index (χ3v) is 5.26. The van der Waals surface area contributed by atoms with Crippen LogP contribution in [0.5, 0.6) is 5.88 Å². The molecule has 0 saturated carbocycles. The second kappa shape index (κ2) is 6.99. The minimum absolute atomic E-state index is 0.0163. The lowest BCUT2D eigenvalue weighted by molar-refractivity contribution is 0.251. The molecule has 26 heavy (non-hydrogen) atoms. The number of sulfonamides is 1. The summed E-state index contributed by atoms with van der Waals surface area (Å²) < 4.78 is 55.3. The van der Waals surface area contributed by atoms with E-state index in [0.29, 0.717) is 15.9 Å². The van der Waals surface area contributed by atoms with Crippen LogP contribution in [0, 0.1) is 0 Å². The van der Waals surface area contributed by atoms with Gasteiger partial charge in [-0.1, -0.05) is 11.6 Å². The fraction of sp³-hybridized carbons (Fsp3) is 0.143. The fourth-order valence-electron chi connectivity index (χ4n) is 2.35. The Bertz CT molecular complexity index is 1090. The van der Waals surface area contributed by atoms with Gasteiger partial charge in [0.25, 0.3) is 5.76 Å². The molecule has 0 bridgehead atoms. The zero-order valence-electron chi connectivity index (χ0n) is 13.1. The largest absolute Gasteiger partial charge is 0.480 e. The van der Waals surface area contributed by atoms with Crippen LogP contribution in [0.4, 0.5) is 8.78 Å². The Kier molecular flexibility index (Phi) is 5.06. The monoisotopic (exact) mass is 420 g/mol. The summed E-state index contributed by atoms with van der Waals surface area (Å²) >= 11 is 6.24. The predicted molar refractivity (Wildman–Crippen MR) is 93.7 cm³/mol. The van der Waals surface area contributed by atoms with Gasteiger partial charge in [-0.2, -0.15) is 13.8 Å². The molecule has 0 unspecified atom stereocenters. The molecule has 2 N–H and O–H groups in total. The smallest absolute Gasteiger partial charge is 0.289 e. The van der Waals surface area contributed by atoms with Gasteiger partial charge in [-0.15, -0.1) is 0 Å². The molecule has 0 atom stereocenters. The van der Waals surface area contributed by atoms with Crippen molar-refractivity contribution in [2.75, 3.05) is 7.11 Å². The zero-order valence-corrected chi connectivity index (χ0v) is 15.4. The van der Waals surface area contributed by atoms with Gasteiger partial charge < -0.3 is 4.74 Å². The quantitative estimate of drug-likeness (QED) is 0.637. The maximum Gasteiger partial charge on any atom is 0.289 e. The topological polar surface area (TPSA) is 100 Å². The van der Waals surface area contributed by atoms with Gasteiger partial charge in [-0.05, 0) is 30.0 Å². The Hall–Kier alpha value is -1.95. The highest BCUT2D eigenvalue weighted by molar-refractivity contribution is 7.99. The first-order valence-corrected chi connectivity index (χ1v) is 9.70. The van der Waals surface area contributed by atoms with Crippen LogP contribution in [-0.2, 0) is 10.0 Å². The number of primary sulfonamides is 1. The number of fused-ring (bicyclic) bond motifs is 1. The van der Waals surface area contributed by atoms with Crippen LogP contribution in [0.25, 0.3) is 16.9 Å². The summed E-state index contributed by atoms with van der Waals surface area (Å²) in [5.74, 6) is -2.72. The lowest BCUT2D eigenvalue weighted by atomic mass is 10.2. The van der Waals surface area contributed by atoms with Gasteiger partial charge in [-0.25, -0.2) is 18.5 Å². The molecule has 138 valence electrons. The van der Waals surface area contributed by atoms with Gasteiger partial charge in [0.05, 0.1) is 23.7 Å². The molecule has 0 radical (unpaired) electrons. The first kappa shape index (κ1) is 18.8. The van der Waals surface area contributed by atoms with Crippen LogP contribution < -0.4 is 9.88 Å². The Morgan fingerprint density at radius 3 is 2.73 bits per heavy atom. The molecule has 0 aliphatic rings. The second-order valence-electron chi connectivity index (χ2n) is 4.99. The highest BCUT2D eigenvalue weighted by Gasteiger charge is 2.21. The Labute approximate surface area is 156 Å². The molecule has 2 heterocycles. The number of rotatable bonds is 5. The lowest BCUT2D eigenvalue weighted by Crippen LogP contribution is -2.11. The summed E-state index contributed by atoms with van der Waals surface area (Å²) in [6.07, 6.45) is 2.41. The number of methoxy groups -OCH3 is 1. The van der Waals surface area contributed by atoms with Gasteiger partial charge in [0.2, 0.25) is 21.9 Å². The van der Waals surface area contributed by atoms with E-state index in [2.05, 4.69) is 9.97 Å². The number of hydrogen-bond donors (Lipinski definition) is 1. The second-order valence-corrected chi connectivity index (χ2v) is 7.99. The number of nitrogens with two attached hydrogens (primary N) is 1. The van der Waals surface area contributed by atoms with Crippen molar-refractivity contribution in [3.05, 3.63) is 35.6 Å². The highest BCUT2D eigenvalue weighted by Crippen LogP contribution is 2.33. The number of benzene rings is 1. The molecule has 0 amide bonds. The van der Waals surface area contributed by atoms with Crippen molar-refractivity contribution in [2.24, 2.45) is 5.14 Å². The molecular weight excluding hydrogens is 410 g/mol. The van der Waals surface area contributed by atoms with E-state index >= 15 is 0 Å². The molecular formula is C14H11ClF2N4O3S2. The van der Waals surface area contributed by atoms with E-state index in [4.69, 9.17) is 21.5 Å². The SMILES string of the molecule is COc1nc(-n2cc(S(N)(=O)=O)c3ccc(Cl)cc32)ncc1SC(F)F. The minimum atomic E-state index is -4.02. The van der Waals surface area contributed by atoms with E-state index in [-0.39, 0.29) is 33.4 Å². The molecule has 0 spiro atoms. The molecule has 3 rings (SSSR count). The van der Waals surface area contributed by atoms with Crippen molar-refractivity contribution < 1.29 is 21.9 Å². The third kappa shape index (κ3) is 3.61. The summed E-state index contributed by atoms with van der Waals surface area (Å²) in [5, 5.41) is 5.94. The summed E-state index contributed by atoms with van der Waals surface area (Å²) in [7, 11) is -2.74. The number of nitrogens with zero attached hydrogens (tertiary/aromatic N) is 3. The Balaban J connectivity index is 2.24. The van der Waals surface area contributed by atoms with Crippen molar-refractivity contribution in [3.8, 4) is 11.8 Å². The molecule has 0 aliphatic carbocycles. The summed E-state index contributed by atoms with van der Waals surface area (Å²) in [5.41, 5.74) is 0.387. The van der Waals surface area contributed by atoms with Crippen molar-refractivity contribution >= 4 is 44.3 Å². The van der Waals surface area contributed by atoms with Crippen LogP contribution >= 0.6 is 23.4 Å². The molecule has 0 fully saturated rings. The van der Waals surface area contributed by atoms with Gasteiger partial charge in [-0.3, -0.25) is 4.57 Å². The number of alkyl halides is 2. The summed E-state index contributed by atoms with van der Waals surface area (Å²) in [4.78, 5) is 8.02. The number of aromatic nitrogens is 3.